The number of alkyl halides is 5. The molecule has 1 aliphatic heterocycles. The summed E-state index contributed by atoms with van der Waals surface area (Å²) < 4.78 is 88.9. The fourth-order valence-corrected chi connectivity index (χ4v) is 4.50. The molecule has 0 aromatic heterocycles. The second-order valence-electron chi connectivity index (χ2n) is 11.7. The number of fused-ring (bicyclic) bond motifs is 1. The monoisotopic (exact) mass is 757 g/mol. The summed E-state index contributed by atoms with van der Waals surface area (Å²) in [5.74, 6) is -13.3. The molecule has 52 heavy (non-hydrogen) atoms. The van der Waals surface area contributed by atoms with Crippen molar-refractivity contribution < 1.29 is 79.6 Å². The van der Waals surface area contributed by atoms with Gasteiger partial charge in [0.2, 0.25) is 11.5 Å². The van der Waals surface area contributed by atoms with E-state index in [0.717, 1.165) is 35.3 Å². The molecule has 0 saturated carbocycles. The van der Waals surface area contributed by atoms with E-state index in [1.165, 1.54) is 6.92 Å². The van der Waals surface area contributed by atoms with Gasteiger partial charge in [0.05, 0.1) is 18.8 Å². The molecule has 1 heterocycles. The third-order valence-electron chi connectivity index (χ3n) is 7.42. The Kier molecular flexibility index (Phi) is 14.8. The number of carboxylic acids is 1. The van der Waals surface area contributed by atoms with E-state index in [1.807, 2.05) is 5.32 Å². The second-order valence-corrected chi connectivity index (χ2v) is 11.7. The average Bonchev–Trinajstić information content (AvgIpc) is 3.12. The predicted octanol–water partition coefficient (Wildman–Crippen LogP) is 0.934. The summed E-state index contributed by atoms with van der Waals surface area (Å²) in [6.07, 6.45) is -8.57. The molecule has 1 aliphatic rings. The molecule has 16 nitrogen and oxygen atoms in total. The number of aliphatic carboxylic acids is 1. The first kappa shape index (κ1) is 43.0. The van der Waals surface area contributed by atoms with Crippen LogP contribution in [0.1, 0.15) is 46.5 Å². The van der Waals surface area contributed by atoms with Crippen LogP contribution in [0.15, 0.2) is 18.2 Å². The minimum Gasteiger partial charge on any atom is -0.486 e. The summed E-state index contributed by atoms with van der Waals surface area (Å²) in [5, 5.41) is 27.2. The number of carbonyl (C=O) groups excluding carboxylic acids is 6. The van der Waals surface area contributed by atoms with E-state index in [1.54, 1.807) is 0 Å². The van der Waals surface area contributed by atoms with Crippen LogP contribution in [-0.4, -0.2) is 114 Å². The molecule has 0 saturated heterocycles. The number of carbonyl (C=O) groups is 7. The summed E-state index contributed by atoms with van der Waals surface area (Å²) in [6, 6.07) is -0.0437. The molecule has 1 aromatic carbocycles. The Labute approximate surface area is 291 Å². The Hall–Kier alpha value is -5.15. The molecule has 2 rings (SSSR count). The fourth-order valence-electron chi connectivity index (χ4n) is 4.50. The Balaban J connectivity index is 2.02. The molecular formula is C30H37F6N5O11. The number of ketones is 1. The smallest absolute Gasteiger partial charge is 0.455 e. The van der Waals surface area contributed by atoms with Crippen molar-refractivity contribution in [1.29, 1.82) is 0 Å². The zero-order valence-electron chi connectivity index (χ0n) is 27.9. The number of carboxylic acid groups (broad SMARTS) is 1. The van der Waals surface area contributed by atoms with Crippen molar-refractivity contribution in [3.05, 3.63) is 24.0 Å². The first-order valence-electron chi connectivity index (χ1n) is 15.4. The number of halogens is 6. The third-order valence-corrected chi connectivity index (χ3v) is 7.42. The van der Waals surface area contributed by atoms with Crippen LogP contribution < -0.4 is 30.9 Å². The Morgan fingerprint density at radius 3 is 2.29 bits per heavy atom. The minimum atomic E-state index is -6.05. The van der Waals surface area contributed by atoms with Crippen LogP contribution in [0.25, 0.3) is 0 Å². The Morgan fingerprint density at radius 2 is 1.69 bits per heavy atom. The number of ether oxygens (including phenoxy) is 2. The second kappa shape index (κ2) is 17.9. The summed E-state index contributed by atoms with van der Waals surface area (Å²) in [7, 11) is 0. The van der Waals surface area contributed by atoms with Gasteiger partial charge in [0.15, 0.2) is 0 Å². The molecule has 22 heteroatoms. The number of nitrogens with one attached hydrogen (secondary N) is 4. The molecule has 6 N–H and O–H groups in total. The highest BCUT2D eigenvalue weighted by Gasteiger charge is 2.58. The highest BCUT2D eigenvalue weighted by molar-refractivity contribution is 6.10. The van der Waals surface area contributed by atoms with Crippen LogP contribution in [0, 0.1) is 5.82 Å². The van der Waals surface area contributed by atoms with Gasteiger partial charge in [-0.25, -0.2) is 14.0 Å². The maximum Gasteiger partial charge on any atom is 0.455 e. The first-order valence-corrected chi connectivity index (χ1v) is 15.4. The van der Waals surface area contributed by atoms with Gasteiger partial charge >= 0.3 is 24.2 Å². The lowest BCUT2D eigenvalue weighted by molar-refractivity contribution is -0.278. The molecule has 290 valence electrons. The van der Waals surface area contributed by atoms with Gasteiger partial charge in [-0.3, -0.25) is 24.0 Å². The molecule has 0 fully saturated rings. The number of nitrogens with zero attached hydrogens (tertiary/aromatic N) is 1. The lowest BCUT2D eigenvalue weighted by atomic mass is 10.0. The van der Waals surface area contributed by atoms with E-state index in [2.05, 4.69) is 10.6 Å². The quantitative estimate of drug-likeness (QED) is 0.0744. The molecule has 0 radical (unpaired) electrons. The van der Waals surface area contributed by atoms with Gasteiger partial charge in [-0.2, -0.15) is 22.0 Å². The molecule has 1 aromatic rings. The Morgan fingerprint density at radius 1 is 1.04 bits per heavy atom. The number of amides is 5. The number of aliphatic hydroxyl groups is 1. The Bertz CT molecular complexity index is 1520. The van der Waals surface area contributed by atoms with Crippen molar-refractivity contribution in [2.24, 2.45) is 0 Å². The number of benzene rings is 1. The first-order chi connectivity index (χ1) is 24.0. The van der Waals surface area contributed by atoms with Gasteiger partial charge in [-0.15, -0.1) is 0 Å². The van der Waals surface area contributed by atoms with E-state index in [9.17, 15) is 65.0 Å². The van der Waals surface area contributed by atoms with Crippen molar-refractivity contribution in [3.8, 4) is 5.75 Å². The summed E-state index contributed by atoms with van der Waals surface area (Å²) >= 11 is 0. The molecule has 5 amide bonds. The SMILES string of the molecule is CC(=O)N[C@@H](CCC(=O)CCCNC(=O)OCCN1C(=O)[C@@H](NC(=O)[C@@](C)(O)C(=O)NCC(F)(F)C(F)(F)F)[C@@H](C)Oc2ccc(F)cc21)C(=O)O. The molecule has 0 aliphatic carbocycles. The number of anilines is 1. The number of alkyl carbamates (subject to hydrolysis) is 1. The van der Waals surface area contributed by atoms with Gasteiger partial charge in [0, 0.05) is 32.4 Å². The van der Waals surface area contributed by atoms with Gasteiger partial charge < -0.3 is 45.9 Å². The fraction of sp³-hybridized carbons (Fsp3) is 0.567. The number of hydrogen-bond acceptors (Lipinski definition) is 10. The van der Waals surface area contributed by atoms with Crippen LogP contribution >= 0.6 is 0 Å². The van der Waals surface area contributed by atoms with E-state index in [-0.39, 0.29) is 49.4 Å². The van der Waals surface area contributed by atoms with E-state index >= 15 is 0 Å². The predicted molar refractivity (Wildman–Crippen MR) is 163 cm³/mol. The van der Waals surface area contributed by atoms with Crippen molar-refractivity contribution in [2.75, 3.05) is 31.1 Å². The number of Topliss-reactive ketones (excluding diaryl/α,β-unsaturated/α-hetero) is 1. The molecule has 0 bridgehead atoms. The maximum atomic E-state index is 14.2. The van der Waals surface area contributed by atoms with Crippen LogP contribution in [0.4, 0.5) is 36.8 Å². The lowest BCUT2D eigenvalue weighted by Crippen LogP contribution is -2.63. The maximum absolute atomic E-state index is 14.2. The molecular weight excluding hydrogens is 720 g/mol. The van der Waals surface area contributed by atoms with Gasteiger partial charge in [-0.1, -0.05) is 0 Å². The van der Waals surface area contributed by atoms with Crippen LogP contribution in [0.5, 0.6) is 5.75 Å². The van der Waals surface area contributed by atoms with E-state index in [4.69, 9.17) is 14.6 Å². The third kappa shape index (κ3) is 12.0. The van der Waals surface area contributed by atoms with Crippen molar-refractivity contribution in [1.82, 2.24) is 21.3 Å². The highest BCUT2D eigenvalue weighted by atomic mass is 19.4. The molecule has 0 spiro atoms. The van der Waals surface area contributed by atoms with Crippen molar-refractivity contribution in [2.45, 2.75) is 82.3 Å². The summed E-state index contributed by atoms with van der Waals surface area (Å²) in [6.45, 7) is -0.553. The molecule has 4 atom stereocenters. The zero-order valence-corrected chi connectivity index (χ0v) is 27.9. The summed E-state index contributed by atoms with van der Waals surface area (Å²) in [5.41, 5.74) is -3.48. The van der Waals surface area contributed by atoms with Crippen LogP contribution in [0.2, 0.25) is 0 Å². The van der Waals surface area contributed by atoms with Crippen LogP contribution in [0.3, 0.4) is 0 Å². The normalized spacial score (nSPS) is 17.7. The number of rotatable bonds is 17. The highest BCUT2D eigenvalue weighted by Crippen LogP contribution is 2.35. The van der Waals surface area contributed by atoms with Crippen molar-refractivity contribution in [3.63, 3.8) is 0 Å². The number of hydrogen-bond donors (Lipinski definition) is 6. The minimum absolute atomic E-state index is 0.0445. The van der Waals surface area contributed by atoms with Gasteiger partial charge in [-0.05, 0) is 38.8 Å². The van der Waals surface area contributed by atoms with E-state index in [0.29, 0.717) is 6.92 Å². The van der Waals surface area contributed by atoms with Crippen LogP contribution in [-0.2, 0) is 33.5 Å². The topological polar surface area (TPSA) is 230 Å². The zero-order chi connectivity index (χ0) is 39.6. The average molecular weight is 758 g/mol. The summed E-state index contributed by atoms with van der Waals surface area (Å²) in [4.78, 5) is 86.2. The largest absolute Gasteiger partial charge is 0.486 e. The van der Waals surface area contributed by atoms with E-state index < -0.39 is 97.1 Å². The lowest BCUT2D eigenvalue weighted by Gasteiger charge is -2.29. The van der Waals surface area contributed by atoms with Gasteiger partial charge in [0.25, 0.3) is 17.7 Å². The molecule has 0 unspecified atom stereocenters. The van der Waals surface area contributed by atoms with Crippen molar-refractivity contribution >= 4 is 47.2 Å². The standard InChI is InChI=1S/C30H37F6N5O11/c1-15-22(40-26(48)28(3,50)25(47)38-14-29(32,33)30(34,35)36)23(44)41(20-13-17(31)6-9-21(20)52-15)11-12-51-27(49)37-10-4-5-18(43)7-8-19(24(45)46)39-16(2)42/h6,9,13,15,19,22,50H,4-5,7-8,10-12,14H2,1-3H3,(H,37,49)(H,38,47)(H,39,42)(H,40,48)(H,45,46)/t15-,19+,22+,28+/m1/s1. The van der Waals surface area contributed by atoms with Gasteiger partial charge in [0.1, 0.15) is 42.1 Å².